The van der Waals surface area contributed by atoms with E-state index in [-0.39, 0.29) is 0 Å². The SMILES string of the molecule is C/C(O)=C(\C#N)C(=O)NC(=O)C1(N)CCCC1. The summed E-state index contributed by atoms with van der Waals surface area (Å²) in [4.78, 5) is 23.2. The zero-order valence-electron chi connectivity index (χ0n) is 9.62. The molecule has 0 bridgehead atoms. The number of nitrogens with one attached hydrogen (secondary N) is 1. The lowest BCUT2D eigenvalue weighted by atomic mass is 9.98. The van der Waals surface area contributed by atoms with E-state index in [1.807, 2.05) is 0 Å². The van der Waals surface area contributed by atoms with E-state index in [1.165, 1.54) is 13.0 Å². The van der Waals surface area contributed by atoms with Gasteiger partial charge in [0.1, 0.15) is 11.8 Å². The third-order valence-corrected chi connectivity index (χ3v) is 2.88. The minimum Gasteiger partial charge on any atom is -0.511 e. The molecule has 0 aromatic rings. The van der Waals surface area contributed by atoms with Crippen molar-refractivity contribution in [2.45, 2.75) is 38.1 Å². The quantitative estimate of drug-likeness (QED) is 0.362. The molecule has 0 aromatic heterocycles. The lowest BCUT2D eigenvalue weighted by molar-refractivity contribution is -0.131. The summed E-state index contributed by atoms with van der Waals surface area (Å²) in [5.41, 5.74) is 4.34. The second-order valence-electron chi connectivity index (χ2n) is 4.22. The van der Waals surface area contributed by atoms with Crippen molar-refractivity contribution in [3.63, 3.8) is 0 Å². The van der Waals surface area contributed by atoms with Crippen molar-refractivity contribution in [3.05, 3.63) is 11.3 Å². The van der Waals surface area contributed by atoms with Crippen molar-refractivity contribution in [3.8, 4) is 6.07 Å². The van der Waals surface area contributed by atoms with Gasteiger partial charge in [0.2, 0.25) is 5.91 Å². The molecule has 6 heteroatoms. The minimum absolute atomic E-state index is 0.421. The van der Waals surface area contributed by atoms with Gasteiger partial charge in [0.05, 0.1) is 5.54 Å². The molecule has 1 aliphatic carbocycles. The topological polar surface area (TPSA) is 116 Å². The number of carbonyl (C=O) groups excluding carboxylic acids is 2. The van der Waals surface area contributed by atoms with E-state index >= 15 is 0 Å². The molecule has 0 radical (unpaired) electrons. The molecule has 0 aliphatic heterocycles. The number of aliphatic hydroxyl groups is 1. The Morgan fingerprint density at radius 2 is 1.94 bits per heavy atom. The Balaban J connectivity index is 2.74. The van der Waals surface area contributed by atoms with Gasteiger partial charge in [0, 0.05) is 0 Å². The third kappa shape index (κ3) is 2.82. The molecule has 1 aliphatic rings. The molecule has 1 fully saturated rings. The van der Waals surface area contributed by atoms with Gasteiger partial charge in [-0.05, 0) is 19.8 Å². The Labute approximate surface area is 99.1 Å². The van der Waals surface area contributed by atoms with Gasteiger partial charge in [-0.1, -0.05) is 12.8 Å². The molecule has 0 saturated heterocycles. The van der Waals surface area contributed by atoms with Gasteiger partial charge in [0.15, 0.2) is 5.57 Å². The number of hydrogen-bond acceptors (Lipinski definition) is 5. The van der Waals surface area contributed by atoms with E-state index in [1.54, 1.807) is 0 Å². The van der Waals surface area contributed by atoms with Crippen LogP contribution < -0.4 is 11.1 Å². The molecule has 17 heavy (non-hydrogen) atoms. The highest BCUT2D eigenvalue weighted by molar-refractivity contribution is 6.09. The molecule has 1 saturated carbocycles. The summed E-state index contributed by atoms with van der Waals surface area (Å²) in [5.74, 6) is -1.92. The fraction of sp³-hybridized carbons (Fsp3) is 0.545. The smallest absolute Gasteiger partial charge is 0.271 e. The largest absolute Gasteiger partial charge is 0.511 e. The average molecular weight is 237 g/mol. The first-order valence-corrected chi connectivity index (χ1v) is 5.35. The summed E-state index contributed by atoms with van der Waals surface area (Å²) in [7, 11) is 0. The zero-order chi connectivity index (χ0) is 13.1. The molecule has 0 unspecified atom stereocenters. The number of nitrogens with two attached hydrogens (primary N) is 1. The van der Waals surface area contributed by atoms with Gasteiger partial charge in [-0.2, -0.15) is 5.26 Å². The van der Waals surface area contributed by atoms with Crippen molar-refractivity contribution in [2.75, 3.05) is 0 Å². The van der Waals surface area contributed by atoms with Gasteiger partial charge in [-0.15, -0.1) is 0 Å². The van der Waals surface area contributed by atoms with Crippen LogP contribution in [0.25, 0.3) is 0 Å². The van der Waals surface area contributed by atoms with Gasteiger partial charge in [-0.3, -0.25) is 14.9 Å². The van der Waals surface area contributed by atoms with Crippen molar-refractivity contribution in [1.29, 1.82) is 5.26 Å². The Morgan fingerprint density at radius 3 is 2.35 bits per heavy atom. The fourth-order valence-electron chi connectivity index (χ4n) is 1.82. The highest BCUT2D eigenvalue weighted by Crippen LogP contribution is 2.27. The predicted molar refractivity (Wildman–Crippen MR) is 59.5 cm³/mol. The van der Waals surface area contributed by atoms with Crippen LogP contribution in [0.5, 0.6) is 0 Å². The fourth-order valence-corrected chi connectivity index (χ4v) is 1.82. The summed E-state index contributed by atoms with van der Waals surface area (Å²) in [6, 6.07) is 1.53. The van der Waals surface area contributed by atoms with Crippen molar-refractivity contribution in [2.24, 2.45) is 5.73 Å². The van der Waals surface area contributed by atoms with Gasteiger partial charge >= 0.3 is 0 Å². The highest BCUT2D eigenvalue weighted by atomic mass is 16.3. The van der Waals surface area contributed by atoms with Crippen molar-refractivity contribution in [1.82, 2.24) is 5.32 Å². The maximum atomic E-state index is 11.7. The number of allylic oxidation sites excluding steroid dienone is 1. The maximum Gasteiger partial charge on any atom is 0.271 e. The van der Waals surface area contributed by atoms with Crippen LogP contribution in [0.15, 0.2) is 11.3 Å². The van der Waals surface area contributed by atoms with E-state index in [9.17, 15) is 9.59 Å². The van der Waals surface area contributed by atoms with Crippen LogP contribution in [0.2, 0.25) is 0 Å². The monoisotopic (exact) mass is 237 g/mol. The van der Waals surface area contributed by atoms with Crippen LogP contribution in [0.4, 0.5) is 0 Å². The van der Waals surface area contributed by atoms with Crippen LogP contribution in [-0.4, -0.2) is 22.5 Å². The first-order chi connectivity index (χ1) is 7.90. The molecule has 0 heterocycles. The highest BCUT2D eigenvalue weighted by Gasteiger charge is 2.38. The Kier molecular flexibility index (Phi) is 3.86. The van der Waals surface area contributed by atoms with Crippen LogP contribution >= 0.6 is 0 Å². The molecule has 0 aromatic carbocycles. The zero-order valence-corrected chi connectivity index (χ0v) is 9.62. The minimum atomic E-state index is -1.03. The third-order valence-electron chi connectivity index (χ3n) is 2.88. The van der Waals surface area contributed by atoms with Crippen LogP contribution in [0, 0.1) is 11.3 Å². The van der Waals surface area contributed by atoms with Gasteiger partial charge in [-0.25, -0.2) is 0 Å². The van der Waals surface area contributed by atoms with Crippen molar-refractivity contribution >= 4 is 11.8 Å². The molecule has 6 nitrogen and oxygen atoms in total. The maximum absolute atomic E-state index is 11.7. The van der Waals surface area contributed by atoms with Gasteiger partial charge < -0.3 is 10.8 Å². The average Bonchev–Trinajstić information content (AvgIpc) is 2.66. The molecule has 0 spiro atoms. The van der Waals surface area contributed by atoms with Crippen LogP contribution in [-0.2, 0) is 9.59 Å². The number of amides is 2. The lowest BCUT2D eigenvalue weighted by Crippen LogP contribution is -2.53. The number of hydrogen-bond donors (Lipinski definition) is 3. The molecule has 2 amide bonds. The normalized spacial score (nSPS) is 19.1. The number of nitrogens with zero attached hydrogens (tertiary/aromatic N) is 1. The number of carbonyl (C=O) groups is 2. The number of nitriles is 1. The standard InChI is InChI=1S/C11H15N3O3/c1-7(15)8(6-12)9(16)14-10(17)11(13)4-2-3-5-11/h15H,2-5,13H2,1H3,(H,14,16,17)/b8-7-. The summed E-state index contributed by atoms with van der Waals surface area (Å²) < 4.78 is 0. The van der Waals surface area contributed by atoms with Crippen LogP contribution in [0.3, 0.4) is 0 Å². The molecule has 4 N–H and O–H groups in total. The first-order valence-electron chi connectivity index (χ1n) is 5.35. The Morgan fingerprint density at radius 1 is 1.41 bits per heavy atom. The van der Waals surface area contributed by atoms with Crippen molar-refractivity contribution < 1.29 is 14.7 Å². The summed E-state index contributed by atoms with van der Waals surface area (Å²) in [6.07, 6.45) is 2.74. The van der Waals surface area contributed by atoms with E-state index in [2.05, 4.69) is 5.32 Å². The van der Waals surface area contributed by atoms with E-state index in [0.29, 0.717) is 12.8 Å². The van der Waals surface area contributed by atoms with E-state index in [4.69, 9.17) is 16.1 Å². The second-order valence-corrected chi connectivity index (χ2v) is 4.22. The lowest BCUT2D eigenvalue weighted by Gasteiger charge is -2.21. The van der Waals surface area contributed by atoms with Crippen LogP contribution in [0.1, 0.15) is 32.6 Å². The predicted octanol–water partition coefficient (Wildman–Crippen LogP) is 0.256. The molecule has 92 valence electrons. The second kappa shape index (κ2) is 4.97. The summed E-state index contributed by atoms with van der Waals surface area (Å²) in [6.45, 7) is 1.20. The number of rotatable bonds is 2. The van der Waals surface area contributed by atoms with Gasteiger partial charge in [0.25, 0.3) is 5.91 Å². The molecule has 1 rings (SSSR count). The van der Waals surface area contributed by atoms with E-state index < -0.39 is 28.7 Å². The van der Waals surface area contributed by atoms with E-state index in [0.717, 1.165) is 12.8 Å². The number of aliphatic hydroxyl groups excluding tert-OH is 1. The number of imide groups is 1. The summed E-state index contributed by atoms with van der Waals surface area (Å²) >= 11 is 0. The molecular formula is C11H15N3O3. The molecule has 0 atom stereocenters. The molecular weight excluding hydrogens is 222 g/mol. The summed E-state index contributed by atoms with van der Waals surface area (Å²) in [5, 5.41) is 19.8. The Bertz CT molecular complexity index is 410. The Hall–Kier alpha value is -1.87. The first kappa shape index (κ1) is 13.2.